The molecule has 3 rings (SSSR count). The summed E-state index contributed by atoms with van der Waals surface area (Å²) >= 11 is 0. The van der Waals surface area contributed by atoms with Crippen molar-refractivity contribution in [3.8, 4) is 11.3 Å². The number of ether oxygens (including phenoxy) is 3. The highest BCUT2D eigenvalue weighted by Gasteiger charge is 2.36. The summed E-state index contributed by atoms with van der Waals surface area (Å²) in [5.74, 6) is -1.13. The van der Waals surface area contributed by atoms with Crippen molar-refractivity contribution in [3.63, 3.8) is 0 Å². The van der Waals surface area contributed by atoms with Crippen molar-refractivity contribution in [2.45, 2.75) is 90.8 Å². The van der Waals surface area contributed by atoms with Gasteiger partial charge in [-0.3, -0.25) is 4.79 Å². The van der Waals surface area contributed by atoms with Crippen LogP contribution in [-0.2, 0) is 29.0 Å². The van der Waals surface area contributed by atoms with E-state index in [0.29, 0.717) is 17.8 Å². The first-order valence-electron chi connectivity index (χ1n) is 13.1. The molecule has 1 aromatic carbocycles. The number of rotatable bonds is 8. The van der Waals surface area contributed by atoms with Crippen LogP contribution in [0.2, 0.25) is 0 Å². The molecule has 0 aliphatic carbocycles. The zero-order chi connectivity index (χ0) is 29.2. The number of hydrogen-bond donors (Lipinski definition) is 0. The van der Waals surface area contributed by atoms with E-state index in [4.69, 9.17) is 19.2 Å². The van der Waals surface area contributed by atoms with Crippen LogP contribution < -0.4 is 4.31 Å². The maximum Gasteiger partial charge on any atom is 0.308 e. The fraction of sp³-hybridized carbons (Fsp3) is 0.552. The number of aromatic nitrogens is 2. The van der Waals surface area contributed by atoms with Crippen molar-refractivity contribution in [2.75, 3.05) is 17.6 Å². The summed E-state index contributed by atoms with van der Waals surface area (Å²) in [6.45, 7) is 13.2. The van der Waals surface area contributed by atoms with Gasteiger partial charge in [-0.25, -0.2) is 22.7 Å². The summed E-state index contributed by atoms with van der Waals surface area (Å²) in [6, 6.07) is 9.59. The normalized spacial score (nSPS) is 19.8. The number of sulfonamides is 1. The van der Waals surface area contributed by atoms with E-state index in [1.54, 1.807) is 0 Å². The third-order valence-electron chi connectivity index (χ3n) is 6.01. The second-order valence-electron chi connectivity index (χ2n) is 11.6. The number of nitrogens with zero attached hydrogens (tertiary/aromatic N) is 3. The molecule has 10 heteroatoms. The Morgan fingerprint density at radius 1 is 1.18 bits per heavy atom. The highest BCUT2D eigenvalue weighted by molar-refractivity contribution is 7.92. The Labute approximate surface area is 232 Å². The van der Waals surface area contributed by atoms with Gasteiger partial charge in [-0.05, 0) is 40.5 Å². The van der Waals surface area contributed by atoms with Crippen LogP contribution in [0.5, 0.6) is 0 Å². The molecule has 1 fully saturated rings. The molecule has 39 heavy (non-hydrogen) atoms. The second-order valence-corrected chi connectivity index (χ2v) is 13.6. The van der Waals surface area contributed by atoms with Crippen molar-refractivity contribution < 1.29 is 27.4 Å². The minimum atomic E-state index is -3.56. The third kappa shape index (κ3) is 8.58. The van der Waals surface area contributed by atoms with Crippen LogP contribution in [0, 0.1) is 0 Å². The summed E-state index contributed by atoms with van der Waals surface area (Å²) in [7, 11) is -2.12. The molecule has 0 saturated carbocycles. The molecular weight excluding hydrogens is 518 g/mol. The van der Waals surface area contributed by atoms with Crippen LogP contribution in [0.15, 0.2) is 36.4 Å². The largest absolute Gasteiger partial charge is 0.460 e. The van der Waals surface area contributed by atoms with E-state index in [1.807, 2.05) is 91.0 Å². The van der Waals surface area contributed by atoms with Crippen molar-refractivity contribution in [3.05, 3.63) is 47.7 Å². The molecule has 1 aliphatic heterocycles. The zero-order valence-electron chi connectivity index (χ0n) is 24.4. The summed E-state index contributed by atoms with van der Waals surface area (Å²) < 4.78 is 43.4. The van der Waals surface area contributed by atoms with E-state index >= 15 is 0 Å². The van der Waals surface area contributed by atoms with Gasteiger partial charge in [-0.2, -0.15) is 0 Å². The molecule has 0 N–H and O–H groups in total. The molecule has 1 aromatic heterocycles. The average Bonchev–Trinajstić information content (AvgIpc) is 2.79. The summed E-state index contributed by atoms with van der Waals surface area (Å²) in [5.41, 5.74) is 2.36. The van der Waals surface area contributed by atoms with Gasteiger partial charge >= 0.3 is 5.97 Å². The molecular formula is C29H41N3O6S. The molecule has 0 unspecified atom stereocenters. The second kappa shape index (κ2) is 11.7. The maximum absolute atomic E-state index is 12.5. The van der Waals surface area contributed by atoms with Gasteiger partial charge in [-0.15, -0.1) is 0 Å². The van der Waals surface area contributed by atoms with Gasteiger partial charge in [0.25, 0.3) is 0 Å². The van der Waals surface area contributed by atoms with Crippen LogP contribution in [0.4, 0.5) is 5.95 Å². The van der Waals surface area contributed by atoms with E-state index in [1.165, 1.54) is 7.05 Å². The molecule has 9 nitrogen and oxygen atoms in total. The van der Waals surface area contributed by atoms with E-state index in [9.17, 15) is 13.2 Å². The minimum Gasteiger partial charge on any atom is -0.460 e. The number of benzene rings is 1. The minimum absolute atomic E-state index is 0.0196. The van der Waals surface area contributed by atoms with Gasteiger partial charge in [-0.1, -0.05) is 56.3 Å². The van der Waals surface area contributed by atoms with Crippen molar-refractivity contribution in [1.82, 2.24) is 9.97 Å². The molecule has 0 bridgehead atoms. The lowest BCUT2D eigenvalue weighted by molar-refractivity contribution is -0.290. The first-order valence-corrected chi connectivity index (χ1v) is 15.0. The molecule has 0 amide bonds. The fourth-order valence-corrected chi connectivity index (χ4v) is 4.73. The SMILES string of the molecule is CC(C)c1nc(N(C)S(C)(=O)=O)nc(-c2ccccc2)c1/C=C/[C@@H]1C[C@H](CC(=O)OC(C)(C)C)OC(C)(C)O1. The Morgan fingerprint density at radius 3 is 2.38 bits per heavy atom. The van der Waals surface area contributed by atoms with Crippen LogP contribution in [0.1, 0.15) is 78.5 Å². The predicted octanol–water partition coefficient (Wildman–Crippen LogP) is 5.32. The van der Waals surface area contributed by atoms with Crippen LogP contribution in [0.3, 0.4) is 0 Å². The highest BCUT2D eigenvalue weighted by Crippen LogP contribution is 2.34. The lowest BCUT2D eigenvalue weighted by Gasteiger charge is -2.39. The Balaban J connectivity index is 2.02. The number of anilines is 1. The van der Waals surface area contributed by atoms with Gasteiger partial charge < -0.3 is 14.2 Å². The first-order chi connectivity index (χ1) is 17.9. The lowest BCUT2D eigenvalue weighted by Crippen LogP contribution is -2.45. The smallest absolute Gasteiger partial charge is 0.308 e. The molecule has 1 aliphatic rings. The molecule has 1 saturated heterocycles. The van der Waals surface area contributed by atoms with Gasteiger partial charge in [0.1, 0.15) is 5.60 Å². The Morgan fingerprint density at radius 2 is 1.82 bits per heavy atom. The number of hydrogen-bond acceptors (Lipinski definition) is 8. The van der Waals surface area contributed by atoms with Gasteiger partial charge in [0.05, 0.1) is 36.3 Å². The molecule has 2 aromatic rings. The molecule has 214 valence electrons. The van der Waals surface area contributed by atoms with Crippen LogP contribution >= 0.6 is 0 Å². The first kappa shape index (κ1) is 30.7. The van der Waals surface area contributed by atoms with Crippen LogP contribution in [0.25, 0.3) is 17.3 Å². The monoisotopic (exact) mass is 559 g/mol. The van der Waals surface area contributed by atoms with E-state index in [-0.39, 0.29) is 36.5 Å². The maximum atomic E-state index is 12.5. The zero-order valence-corrected chi connectivity index (χ0v) is 25.2. The molecule has 2 heterocycles. The van der Waals surface area contributed by atoms with E-state index in [2.05, 4.69) is 4.98 Å². The Kier molecular flexibility index (Phi) is 9.24. The number of carbonyl (C=O) groups is 1. The van der Waals surface area contributed by atoms with Crippen LogP contribution in [-0.4, -0.2) is 61.3 Å². The standard InChI is InChI=1S/C29H41N3O6S/c1-19(2)25-23(26(20-13-11-10-12-14-20)31-27(30-25)32(8)39(9,34)35)16-15-21-17-22(37-29(6,7)36-21)18-24(33)38-28(3,4)5/h10-16,19,21-22H,17-18H2,1-9H3/b16-15+/t21-,22-/m1/s1. The number of carbonyl (C=O) groups excluding carboxylic acids is 1. The summed E-state index contributed by atoms with van der Waals surface area (Å²) in [6.07, 6.45) is 4.85. The van der Waals surface area contributed by atoms with Gasteiger partial charge in [0.2, 0.25) is 16.0 Å². The van der Waals surface area contributed by atoms with E-state index in [0.717, 1.165) is 21.7 Å². The third-order valence-corrected chi connectivity index (χ3v) is 7.17. The topological polar surface area (TPSA) is 108 Å². The quantitative estimate of drug-likeness (QED) is 0.400. The Hall–Kier alpha value is -2.82. The predicted molar refractivity (Wildman–Crippen MR) is 153 cm³/mol. The lowest BCUT2D eigenvalue weighted by atomic mass is 9.97. The van der Waals surface area contributed by atoms with Crippen molar-refractivity contribution >= 4 is 28.0 Å². The van der Waals surface area contributed by atoms with Gasteiger partial charge in [0, 0.05) is 24.6 Å². The van der Waals surface area contributed by atoms with Crippen molar-refractivity contribution in [1.29, 1.82) is 0 Å². The highest BCUT2D eigenvalue weighted by atomic mass is 32.2. The van der Waals surface area contributed by atoms with E-state index < -0.39 is 21.4 Å². The molecule has 0 spiro atoms. The van der Waals surface area contributed by atoms with Crippen molar-refractivity contribution in [2.24, 2.45) is 0 Å². The summed E-state index contributed by atoms with van der Waals surface area (Å²) in [5, 5.41) is 0. The Bertz CT molecular complexity index is 1300. The fourth-order valence-electron chi connectivity index (χ4n) is 4.35. The summed E-state index contributed by atoms with van der Waals surface area (Å²) in [4.78, 5) is 21.8. The van der Waals surface area contributed by atoms with Gasteiger partial charge in [0.15, 0.2) is 5.79 Å². The molecule has 0 radical (unpaired) electrons. The molecule has 2 atom stereocenters. The number of esters is 1. The average molecular weight is 560 g/mol.